The molecule has 1 unspecified atom stereocenters. The van der Waals surface area contributed by atoms with Crippen molar-refractivity contribution in [1.82, 2.24) is 9.97 Å². The van der Waals surface area contributed by atoms with Gasteiger partial charge in [0.05, 0.1) is 6.61 Å². The van der Waals surface area contributed by atoms with E-state index >= 15 is 0 Å². The Bertz CT molecular complexity index is 1960. The van der Waals surface area contributed by atoms with Crippen molar-refractivity contribution in [2.75, 3.05) is 6.61 Å². The van der Waals surface area contributed by atoms with Crippen LogP contribution >= 0.6 is 22.7 Å². The third-order valence-electron chi connectivity index (χ3n) is 10.6. The third-order valence-corrected chi connectivity index (χ3v) is 12.6. The molecule has 4 heterocycles. The van der Waals surface area contributed by atoms with Crippen molar-refractivity contribution in [2.45, 2.75) is 106 Å². The van der Waals surface area contributed by atoms with E-state index in [9.17, 15) is 9.90 Å². The SMILES string of the molecule is CC1COc2c1ccc1sc3ncnc(-c4[c-]c5ccsc5c(C(C)(C)C)c4)c3c21.CCC(C)(CC)C(=O)/C=C(\O)C(C)(CC)CC.[Ir]. The van der Waals surface area contributed by atoms with Crippen molar-refractivity contribution in [1.29, 1.82) is 0 Å². The minimum Gasteiger partial charge on any atom is -0.512 e. The number of hydrogen-bond acceptors (Lipinski definition) is 7. The number of carbonyl (C=O) groups excluding carboxylic acids is 1. The maximum atomic E-state index is 12.2. The van der Waals surface area contributed by atoms with Crippen molar-refractivity contribution in [2.24, 2.45) is 10.8 Å². The van der Waals surface area contributed by atoms with Crippen LogP contribution in [0.15, 0.2) is 47.8 Å². The van der Waals surface area contributed by atoms with Crippen LogP contribution in [0.2, 0.25) is 0 Å². The van der Waals surface area contributed by atoms with Gasteiger partial charge in [0.15, 0.2) is 5.78 Å². The van der Waals surface area contributed by atoms with E-state index in [0.717, 1.165) is 70.3 Å². The average Bonchev–Trinajstić information content (AvgIpc) is 3.79. The Labute approximate surface area is 307 Å². The number of ether oxygens (including phenoxy) is 1. The summed E-state index contributed by atoms with van der Waals surface area (Å²) in [6.45, 7) is 21.8. The Hall–Kier alpha value is -2.64. The van der Waals surface area contributed by atoms with Gasteiger partial charge in [-0.05, 0) is 47.2 Å². The molecule has 3 aromatic heterocycles. The Kier molecular flexibility index (Phi) is 11.7. The van der Waals surface area contributed by atoms with Gasteiger partial charge < -0.3 is 9.84 Å². The molecule has 259 valence electrons. The van der Waals surface area contributed by atoms with E-state index in [1.165, 1.54) is 26.6 Å². The number of aliphatic hydroxyl groups is 1. The van der Waals surface area contributed by atoms with E-state index in [4.69, 9.17) is 9.72 Å². The summed E-state index contributed by atoms with van der Waals surface area (Å²) in [5, 5.41) is 15.7. The van der Waals surface area contributed by atoms with E-state index < -0.39 is 0 Å². The van der Waals surface area contributed by atoms with Crippen LogP contribution in [0.25, 0.3) is 41.6 Å². The van der Waals surface area contributed by atoms with E-state index in [1.54, 1.807) is 29.0 Å². The Morgan fingerprint density at radius 2 is 1.67 bits per heavy atom. The van der Waals surface area contributed by atoms with Gasteiger partial charge in [0.25, 0.3) is 0 Å². The number of carbonyl (C=O) groups is 1. The molecule has 0 saturated carbocycles. The molecule has 1 N–H and O–H groups in total. The van der Waals surface area contributed by atoms with Crippen LogP contribution in [0, 0.1) is 16.9 Å². The molecule has 0 fully saturated rings. The molecule has 48 heavy (non-hydrogen) atoms. The number of hydrogen-bond donors (Lipinski definition) is 1. The second-order valence-corrected chi connectivity index (χ2v) is 16.5. The zero-order valence-electron chi connectivity index (χ0n) is 30.0. The molecule has 1 atom stereocenters. The second-order valence-electron chi connectivity index (χ2n) is 14.5. The van der Waals surface area contributed by atoms with Crippen LogP contribution < -0.4 is 4.74 Å². The standard InChI is InChI=1S/C25H21N2OS2.C15H28O2.Ir/c1-13-11-28-22-16(13)5-6-18-19(22)20-21(26-12-27-24(20)30-18)15-9-14-7-8-29-23(14)17(10-15)25(2,3)4;1-7-14(5,8-2)12(16)11-13(17)15(6,9-3)10-4;/h5-8,10,12-13H,11H2,1-4H3;11,16H,7-10H2,1-6H3;/q-1;;/b;12-11-;. The first-order chi connectivity index (χ1) is 22.2. The largest absolute Gasteiger partial charge is 0.512 e. The smallest absolute Gasteiger partial charge is 0.164 e. The number of ketones is 1. The summed E-state index contributed by atoms with van der Waals surface area (Å²) < 4.78 is 8.67. The molecule has 0 aliphatic carbocycles. The summed E-state index contributed by atoms with van der Waals surface area (Å²) >= 11 is 3.50. The monoisotopic (exact) mass is 862 g/mol. The van der Waals surface area contributed by atoms with Crippen molar-refractivity contribution < 1.29 is 34.7 Å². The number of nitrogens with zero attached hydrogens (tertiary/aromatic N) is 2. The van der Waals surface area contributed by atoms with E-state index in [-0.39, 0.29) is 47.9 Å². The predicted molar refractivity (Wildman–Crippen MR) is 200 cm³/mol. The number of aliphatic hydroxyl groups excluding tert-OH is 1. The molecular formula is C40H49IrN2O3S2-. The molecular weight excluding hydrogens is 813 g/mol. The zero-order valence-corrected chi connectivity index (χ0v) is 34.0. The quantitative estimate of drug-likeness (QED) is 0.0956. The Morgan fingerprint density at radius 1 is 1.00 bits per heavy atom. The summed E-state index contributed by atoms with van der Waals surface area (Å²) in [7, 11) is 0. The van der Waals surface area contributed by atoms with Gasteiger partial charge in [0.1, 0.15) is 22.7 Å². The van der Waals surface area contributed by atoms with Crippen molar-refractivity contribution in [3.8, 4) is 17.0 Å². The molecule has 6 rings (SSSR count). The minimum atomic E-state index is -0.337. The fraction of sp³-hybridized carbons (Fsp3) is 0.475. The molecule has 5 aromatic rings. The van der Waals surface area contributed by atoms with Gasteiger partial charge in [-0.15, -0.1) is 34.9 Å². The topological polar surface area (TPSA) is 72.3 Å². The summed E-state index contributed by atoms with van der Waals surface area (Å²) in [6.07, 6.45) is 6.43. The number of allylic oxidation sites excluding steroid dienone is 2. The van der Waals surface area contributed by atoms with Crippen LogP contribution in [0.1, 0.15) is 112 Å². The van der Waals surface area contributed by atoms with Gasteiger partial charge in [-0.1, -0.05) is 86.4 Å². The zero-order chi connectivity index (χ0) is 34.3. The van der Waals surface area contributed by atoms with E-state index in [0.29, 0.717) is 5.92 Å². The van der Waals surface area contributed by atoms with Gasteiger partial charge in [-0.25, -0.2) is 4.98 Å². The maximum Gasteiger partial charge on any atom is 0.164 e. The molecule has 1 aliphatic heterocycles. The molecule has 2 aromatic carbocycles. The van der Waals surface area contributed by atoms with E-state index in [1.807, 2.05) is 41.5 Å². The maximum absolute atomic E-state index is 12.2. The first kappa shape index (κ1) is 38.2. The average molecular weight is 862 g/mol. The second kappa shape index (κ2) is 14.7. The molecule has 1 aliphatic rings. The molecule has 0 amide bonds. The van der Waals surface area contributed by atoms with Crippen molar-refractivity contribution in [3.05, 3.63) is 65.0 Å². The van der Waals surface area contributed by atoms with Gasteiger partial charge in [-0.2, -0.15) is 11.3 Å². The van der Waals surface area contributed by atoms with Gasteiger partial charge in [0, 0.05) is 69.7 Å². The van der Waals surface area contributed by atoms with Gasteiger partial charge >= 0.3 is 0 Å². The molecule has 0 spiro atoms. The van der Waals surface area contributed by atoms with E-state index in [2.05, 4.69) is 68.4 Å². The normalized spacial score (nSPS) is 15.2. The third kappa shape index (κ3) is 7.01. The summed E-state index contributed by atoms with van der Waals surface area (Å²) in [6, 6.07) is 12.5. The Morgan fingerprint density at radius 3 is 2.29 bits per heavy atom. The number of aromatic nitrogens is 2. The molecule has 0 bridgehead atoms. The first-order valence-corrected chi connectivity index (χ1v) is 18.6. The first-order valence-electron chi connectivity index (χ1n) is 16.9. The Balaban J connectivity index is 0.000000251. The van der Waals surface area contributed by atoms with Crippen LogP contribution in [0.5, 0.6) is 5.75 Å². The number of rotatable bonds is 8. The predicted octanol–water partition coefficient (Wildman–Crippen LogP) is 12.0. The van der Waals surface area contributed by atoms with Crippen LogP contribution in [-0.4, -0.2) is 27.5 Å². The number of fused-ring (bicyclic) bond motifs is 6. The van der Waals surface area contributed by atoms with Crippen LogP contribution in [0.4, 0.5) is 0 Å². The van der Waals surface area contributed by atoms with Crippen molar-refractivity contribution in [3.63, 3.8) is 0 Å². The molecule has 0 saturated heterocycles. The fourth-order valence-electron chi connectivity index (χ4n) is 6.10. The number of benzene rings is 2. The van der Waals surface area contributed by atoms with Crippen molar-refractivity contribution >= 4 is 58.8 Å². The van der Waals surface area contributed by atoms with Gasteiger partial charge in [0.2, 0.25) is 0 Å². The summed E-state index contributed by atoms with van der Waals surface area (Å²) in [5.41, 5.74) is 4.03. The van der Waals surface area contributed by atoms with Crippen LogP contribution in [-0.2, 0) is 30.3 Å². The fourth-order valence-corrected chi connectivity index (χ4v) is 8.22. The minimum absolute atomic E-state index is 0. The van der Waals surface area contributed by atoms with Crippen LogP contribution in [0.3, 0.4) is 0 Å². The summed E-state index contributed by atoms with van der Waals surface area (Å²) in [4.78, 5) is 22.6. The molecule has 1 radical (unpaired) electrons. The summed E-state index contributed by atoms with van der Waals surface area (Å²) in [5.74, 6) is 1.71. The molecule has 5 nitrogen and oxygen atoms in total. The molecule has 8 heteroatoms. The number of thiophene rings is 2. The van der Waals surface area contributed by atoms with Gasteiger partial charge in [-0.3, -0.25) is 9.78 Å².